The van der Waals surface area contributed by atoms with Gasteiger partial charge in [-0.3, -0.25) is 0 Å². The Balaban J connectivity index is 2.85. The molecular weight excluding hydrogens is 190 g/mol. The lowest BCUT2D eigenvalue weighted by Crippen LogP contribution is -2.19. The van der Waals surface area contributed by atoms with Gasteiger partial charge in [-0.2, -0.15) is 11.8 Å². The van der Waals surface area contributed by atoms with Crippen molar-refractivity contribution in [1.82, 2.24) is 5.32 Å². The number of nitrogens with one attached hydrogen (secondary N) is 1. The number of rotatable bonds is 10. The van der Waals surface area contributed by atoms with Crippen molar-refractivity contribution in [3.8, 4) is 0 Å². The van der Waals surface area contributed by atoms with Crippen molar-refractivity contribution in [1.29, 1.82) is 0 Å². The predicted molar refractivity (Wildman–Crippen MR) is 69.2 cm³/mol. The molecule has 0 aliphatic rings. The summed E-state index contributed by atoms with van der Waals surface area (Å²) in [4.78, 5) is 0. The Morgan fingerprint density at radius 2 is 1.86 bits per heavy atom. The van der Waals surface area contributed by atoms with E-state index in [1.165, 1.54) is 50.3 Å². The number of hydrogen-bond donors (Lipinski definition) is 1. The first-order chi connectivity index (χ1) is 6.77. The van der Waals surface area contributed by atoms with Gasteiger partial charge in [0.15, 0.2) is 0 Å². The summed E-state index contributed by atoms with van der Waals surface area (Å²) >= 11 is 2.09. The summed E-state index contributed by atoms with van der Waals surface area (Å²) in [5, 5.41) is 3.49. The van der Waals surface area contributed by atoms with Gasteiger partial charge in [0.2, 0.25) is 0 Å². The molecule has 0 amide bonds. The predicted octanol–water partition coefficient (Wildman–Crippen LogP) is 3.55. The minimum atomic E-state index is 0.833. The monoisotopic (exact) mass is 217 g/mol. The van der Waals surface area contributed by atoms with Crippen LogP contribution in [0.5, 0.6) is 0 Å². The fourth-order valence-electron chi connectivity index (χ4n) is 1.22. The standard InChI is InChI=1S/C12H27NS/c1-4-5-6-10-14-11-9-13-8-7-12(2)3/h12-13H,4-11H2,1-3H3. The maximum Gasteiger partial charge on any atom is 0.00581 e. The molecule has 2 heteroatoms. The van der Waals surface area contributed by atoms with Crippen LogP contribution in [-0.4, -0.2) is 24.6 Å². The maximum atomic E-state index is 3.49. The van der Waals surface area contributed by atoms with Gasteiger partial charge in [-0.25, -0.2) is 0 Å². The first-order valence-electron chi connectivity index (χ1n) is 6.05. The number of hydrogen-bond acceptors (Lipinski definition) is 2. The second-order valence-corrected chi connectivity index (χ2v) is 5.48. The van der Waals surface area contributed by atoms with E-state index in [1.54, 1.807) is 0 Å². The van der Waals surface area contributed by atoms with Crippen LogP contribution in [0.15, 0.2) is 0 Å². The molecule has 0 aliphatic carbocycles. The van der Waals surface area contributed by atoms with Crippen LogP contribution in [0.4, 0.5) is 0 Å². The van der Waals surface area contributed by atoms with E-state index < -0.39 is 0 Å². The van der Waals surface area contributed by atoms with Crippen LogP contribution in [0.1, 0.15) is 46.5 Å². The van der Waals surface area contributed by atoms with E-state index in [2.05, 4.69) is 37.8 Å². The fourth-order valence-corrected chi connectivity index (χ4v) is 2.12. The van der Waals surface area contributed by atoms with Gasteiger partial charge in [-0.05, 0) is 31.1 Å². The van der Waals surface area contributed by atoms with Crippen LogP contribution < -0.4 is 5.32 Å². The molecule has 0 bridgehead atoms. The lowest BCUT2D eigenvalue weighted by Gasteiger charge is -2.06. The quantitative estimate of drug-likeness (QED) is 0.562. The van der Waals surface area contributed by atoms with E-state index in [-0.39, 0.29) is 0 Å². The summed E-state index contributed by atoms with van der Waals surface area (Å²) in [5.41, 5.74) is 0. The first kappa shape index (κ1) is 14.3. The van der Waals surface area contributed by atoms with Crippen LogP contribution in [-0.2, 0) is 0 Å². The summed E-state index contributed by atoms with van der Waals surface area (Å²) in [6.07, 6.45) is 5.44. The minimum absolute atomic E-state index is 0.833. The Labute approximate surface area is 94.4 Å². The number of unbranched alkanes of at least 4 members (excludes halogenated alkanes) is 2. The highest BCUT2D eigenvalue weighted by molar-refractivity contribution is 7.99. The zero-order valence-electron chi connectivity index (χ0n) is 10.1. The van der Waals surface area contributed by atoms with Gasteiger partial charge >= 0.3 is 0 Å². The molecule has 0 saturated heterocycles. The maximum absolute atomic E-state index is 3.49. The van der Waals surface area contributed by atoms with Crippen LogP contribution in [0.3, 0.4) is 0 Å². The summed E-state index contributed by atoms with van der Waals surface area (Å²) in [6.45, 7) is 9.19. The van der Waals surface area contributed by atoms with Crippen molar-refractivity contribution in [3.05, 3.63) is 0 Å². The second kappa shape index (κ2) is 11.4. The van der Waals surface area contributed by atoms with Crippen molar-refractivity contribution in [3.63, 3.8) is 0 Å². The summed E-state index contributed by atoms with van der Waals surface area (Å²) in [6, 6.07) is 0. The van der Waals surface area contributed by atoms with Crippen LogP contribution in [0, 0.1) is 5.92 Å². The lowest BCUT2D eigenvalue weighted by atomic mass is 10.1. The normalized spacial score (nSPS) is 11.1. The number of thioether (sulfide) groups is 1. The molecule has 1 N–H and O–H groups in total. The van der Waals surface area contributed by atoms with E-state index in [0.717, 1.165) is 5.92 Å². The Kier molecular flexibility index (Phi) is 11.6. The van der Waals surface area contributed by atoms with Crippen molar-refractivity contribution in [2.45, 2.75) is 46.5 Å². The van der Waals surface area contributed by atoms with Crippen LogP contribution in [0.25, 0.3) is 0 Å². The molecule has 0 radical (unpaired) electrons. The molecule has 0 fully saturated rings. The van der Waals surface area contributed by atoms with Crippen molar-refractivity contribution >= 4 is 11.8 Å². The average molecular weight is 217 g/mol. The molecule has 0 aromatic rings. The average Bonchev–Trinajstić information content (AvgIpc) is 2.15. The molecule has 14 heavy (non-hydrogen) atoms. The smallest absolute Gasteiger partial charge is 0.00581 e. The van der Waals surface area contributed by atoms with E-state index in [9.17, 15) is 0 Å². The molecule has 0 aromatic carbocycles. The van der Waals surface area contributed by atoms with Crippen LogP contribution in [0.2, 0.25) is 0 Å². The third kappa shape index (κ3) is 12.3. The largest absolute Gasteiger partial charge is 0.316 e. The molecule has 1 nitrogen and oxygen atoms in total. The second-order valence-electron chi connectivity index (χ2n) is 4.25. The SMILES string of the molecule is CCCCCSCCNCCC(C)C. The topological polar surface area (TPSA) is 12.0 Å². The molecule has 0 rings (SSSR count). The van der Waals surface area contributed by atoms with Gasteiger partial charge in [0.05, 0.1) is 0 Å². The fraction of sp³-hybridized carbons (Fsp3) is 1.00. The van der Waals surface area contributed by atoms with E-state index >= 15 is 0 Å². The summed E-state index contributed by atoms with van der Waals surface area (Å²) in [5.74, 6) is 3.46. The van der Waals surface area contributed by atoms with Gasteiger partial charge in [-0.15, -0.1) is 0 Å². The van der Waals surface area contributed by atoms with Gasteiger partial charge in [0, 0.05) is 12.3 Å². The zero-order chi connectivity index (χ0) is 10.6. The Hall–Kier alpha value is 0.310. The van der Waals surface area contributed by atoms with Gasteiger partial charge in [-0.1, -0.05) is 33.6 Å². The van der Waals surface area contributed by atoms with Gasteiger partial charge in [0.25, 0.3) is 0 Å². The molecule has 0 saturated carbocycles. The minimum Gasteiger partial charge on any atom is -0.316 e. The van der Waals surface area contributed by atoms with Crippen molar-refractivity contribution < 1.29 is 0 Å². The van der Waals surface area contributed by atoms with Gasteiger partial charge < -0.3 is 5.32 Å². The molecular formula is C12H27NS. The third-order valence-electron chi connectivity index (χ3n) is 2.21. The molecule has 86 valence electrons. The van der Waals surface area contributed by atoms with E-state index in [4.69, 9.17) is 0 Å². The highest BCUT2D eigenvalue weighted by atomic mass is 32.2. The summed E-state index contributed by atoms with van der Waals surface area (Å²) in [7, 11) is 0. The Bertz CT molecular complexity index is 104. The Morgan fingerprint density at radius 1 is 1.07 bits per heavy atom. The first-order valence-corrected chi connectivity index (χ1v) is 7.21. The zero-order valence-corrected chi connectivity index (χ0v) is 11.0. The molecule has 0 aliphatic heterocycles. The van der Waals surface area contributed by atoms with Gasteiger partial charge in [0.1, 0.15) is 0 Å². The van der Waals surface area contributed by atoms with E-state index in [1.807, 2.05) is 0 Å². The van der Waals surface area contributed by atoms with E-state index in [0.29, 0.717) is 0 Å². The van der Waals surface area contributed by atoms with Crippen molar-refractivity contribution in [2.24, 2.45) is 5.92 Å². The Morgan fingerprint density at radius 3 is 2.50 bits per heavy atom. The molecule has 0 atom stereocenters. The highest BCUT2D eigenvalue weighted by Crippen LogP contribution is 2.05. The van der Waals surface area contributed by atoms with Crippen molar-refractivity contribution in [2.75, 3.05) is 24.6 Å². The molecule has 0 spiro atoms. The molecule has 0 heterocycles. The van der Waals surface area contributed by atoms with Crippen LogP contribution >= 0.6 is 11.8 Å². The third-order valence-corrected chi connectivity index (χ3v) is 3.28. The molecule has 0 unspecified atom stereocenters. The molecule has 0 aromatic heterocycles. The highest BCUT2D eigenvalue weighted by Gasteiger charge is 1.93. The lowest BCUT2D eigenvalue weighted by molar-refractivity contribution is 0.547. The summed E-state index contributed by atoms with van der Waals surface area (Å²) < 4.78 is 0.